The van der Waals surface area contributed by atoms with Crippen LogP contribution in [-0.4, -0.2) is 7.11 Å². The Kier molecular flexibility index (Phi) is 6.91. The Hall–Kier alpha value is -2.40. The zero-order valence-electron chi connectivity index (χ0n) is 16.8. The predicted octanol–water partition coefficient (Wildman–Crippen LogP) is 8.11. The molecule has 0 saturated carbocycles. The third-order valence-corrected chi connectivity index (χ3v) is 6.47. The van der Waals surface area contributed by atoms with Gasteiger partial charge in [0.05, 0.1) is 7.11 Å². The molecule has 0 spiro atoms. The fourth-order valence-corrected chi connectivity index (χ4v) is 4.34. The lowest BCUT2D eigenvalue weighted by molar-refractivity contribution is 0.284. The van der Waals surface area contributed by atoms with Gasteiger partial charge in [0.15, 0.2) is 11.5 Å². The first-order valence-corrected chi connectivity index (χ1v) is 11.3. The zero-order chi connectivity index (χ0) is 21.8. The Bertz CT molecular complexity index is 1200. The number of anilines is 1. The van der Waals surface area contributed by atoms with Gasteiger partial charge in [0.25, 0.3) is 0 Å². The molecule has 0 aliphatic heterocycles. The number of methoxy groups -OCH3 is 1. The minimum absolute atomic E-state index is 0.245. The molecule has 0 aliphatic rings. The molecule has 0 atom stereocenters. The van der Waals surface area contributed by atoms with E-state index in [0.29, 0.717) is 28.1 Å². The van der Waals surface area contributed by atoms with Crippen LogP contribution in [0.3, 0.4) is 0 Å². The van der Waals surface area contributed by atoms with Gasteiger partial charge >= 0.3 is 0 Å². The fourth-order valence-electron chi connectivity index (χ4n) is 3.38. The number of benzene rings is 4. The summed E-state index contributed by atoms with van der Waals surface area (Å²) in [4.78, 5) is 0. The number of rotatable bonds is 7. The summed E-state index contributed by atoms with van der Waals surface area (Å²) in [6.45, 7) is 0.872. The van der Waals surface area contributed by atoms with E-state index in [4.69, 9.17) is 32.7 Å². The first-order valence-electron chi connectivity index (χ1n) is 9.70. The summed E-state index contributed by atoms with van der Waals surface area (Å²) in [6.07, 6.45) is 0. The summed E-state index contributed by atoms with van der Waals surface area (Å²) < 4.78 is 12.5. The van der Waals surface area contributed by atoms with Crippen LogP contribution in [0, 0.1) is 0 Å². The molecular weight excluding hydrogens is 497 g/mol. The molecule has 4 aromatic rings. The van der Waals surface area contributed by atoms with Gasteiger partial charge in [-0.3, -0.25) is 0 Å². The summed E-state index contributed by atoms with van der Waals surface area (Å²) in [5.41, 5.74) is 2.87. The maximum atomic E-state index is 6.25. The Labute approximate surface area is 200 Å². The summed E-state index contributed by atoms with van der Waals surface area (Å²) in [5, 5.41) is 7.05. The lowest BCUT2D eigenvalue weighted by Gasteiger charge is -2.16. The molecule has 0 radical (unpaired) electrons. The van der Waals surface area contributed by atoms with E-state index in [-0.39, 0.29) is 6.61 Å². The van der Waals surface area contributed by atoms with Gasteiger partial charge in [-0.1, -0.05) is 81.6 Å². The molecule has 158 valence electrons. The summed E-state index contributed by atoms with van der Waals surface area (Å²) in [6, 6.07) is 23.8. The largest absolute Gasteiger partial charge is 0.493 e. The van der Waals surface area contributed by atoms with Crippen molar-refractivity contribution in [3.8, 4) is 11.5 Å². The van der Waals surface area contributed by atoms with Gasteiger partial charge in [-0.05, 0) is 41.3 Å². The van der Waals surface area contributed by atoms with Gasteiger partial charge in [0.2, 0.25) is 0 Å². The number of nitrogens with one attached hydrogen (secondary N) is 1. The number of halogens is 3. The van der Waals surface area contributed by atoms with Crippen LogP contribution >= 0.6 is 39.1 Å². The van der Waals surface area contributed by atoms with Gasteiger partial charge in [-0.15, -0.1) is 0 Å². The number of hydrogen-bond acceptors (Lipinski definition) is 3. The van der Waals surface area contributed by atoms with Gasteiger partial charge < -0.3 is 14.8 Å². The van der Waals surface area contributed by atoms with Crippen LogP contribution in [0.2, 0.25) is 10.0 Å². The number of hydrogen-bond donors (Lipinski definition) is 1. The molecule has 31 heavy (non-hydrogen) atoms. The van der Waals surface area contributed by atoms with Crippen molar-refractivity contribution in [1.82, 2.24) is 0 Å². The van der Waals surface area contributed by atoms with Crippen molar-refractivity contribution in [2.75, 3.05) is 12.4 Å². The van der Waals surface area contributed by atoms with E-state index < -0.39 is 0 Å². The van der Waals surface area contributed by atoms with Crippen molar-refractivity contribution in [3.05, 3.63) is 98.4 Å². The van der Waals surface area contributed by atoms with Crippen LogP contribution in [0.1, 0.15) is 11.1 Å². The van der Waals surface area contributed by atoms with Crippen LogP contribution in [0.5, 0.6) is 11.5 Å². The second-order valence-corrected chi connectivity index (χ2v) is 8.63. The maximum absolute atomic E-state index is 6.25. The number of ether oxygens (including phenoxy) is 2. The van der Waals surface area contributed by atoms with Crippen LogP contribution in [0.4, 0.5) is 5.69 Å². The molecule has 0 fully saturated rings. The van der Waals surface area contributed by atoms with Crippen LogP contribution in [0.25, 0.3) is 10.8 Å². The Morgan fingerprint density at radius 2 is 1.58 bits per heavy atom. The number of fused-ring (bicyclic) bond motifs is 1. The molecule has 0 bridgehead atoms. The lowest BCUT2D eigenvalue weighted by Crippen LogP contribution is -2.04. The first-order chi connectivity index (χ1) is 15.1. The monoisotopic (exact) mass is 515 g/mol. The van der Waals surface area contributed by atoms with Gasteiger partial charge in [0.1, 0.15) is 6.61 Å². The van der Waals surface area contributed by atoms with E-state index >= 15 is 0 Å². The van der Waals surface area contributed by atoms with E-state index in [9.17, 15) is 0 Å². The van der Waals surface area contributed by atoms with Crippen molar-refractivity contribution in [2.45, 2.75) is 13.2 Å². The SMILES string of the molecule is COc1cc(CNc2cccc3ccccc23)c(Br)cc1OCc1c(Cl)cccc1Cl. The maximum Gasteiger partial charge on any atom is 0.162 e. The first kappa shape index (κ1) is 21.8. The van der Waals surface area contributed by atoms with Crippen molar-refractivity contribution >= 4 is 55.6 Å². The van der Waals surface area contributed by atoms with E-state index in [1.807, 2.05) is 30.3 Å². The minimum Gasteiger partial charge on any atom is -0.493 e. The molecule has 0 amide bonds. The topological polar surface area (TPSA) is 30.5 Å². The molecule has 4 rings (SSSR count). The summed E-state index contributed by atoms with van der Waals surface area (Å²) in [5.74, 6) is 1.25. The molecule has 0 aliphatic carbocycles. The average Bonchev–Trinajstić information content (AvgIpc) is 2.78. The molecule has 0 saturated heterocycles. The second-order valence-electron chi connectivity index (χ2n) is 6.96. The van der Waals surface area contributed by atoms with Crippen molar-refractivity contribution in [1.29, 1.82) is 0 Å². The Morgan fingerprint density at radius 1 is 0.871 bits per heavy atom. The zero-order valence-corrected chi connectivity index (χ0v) is 19.9. The van der Waals surface area contributed by atoms with E-state index in [1.54, 1.807) is 19.2 Å². The summed E-state index contributed by atoms with van der Waals surface area (Å²) in [7, 11) is 1.63. The van der Waals surface area contributed by atoms with Crippen LogP contribution < -0.4 is 14.8 Å². The van der Waals surface area contributed by atoms with Crippen LogP contribution in [0.15, 0.2) is 77.3 Å². The molecule has 6 heteroatoms. The normalized spacial score (nSPS) is 10.8. The Balaban J connectivity index is 1.53. The van der Waals surface area contributed by atoms with Gasteiger partial charge in [0, 0.05) is 37.7 Å². The fraction of sp³-hybridized carbons (Fsp3) is 0.120. The molecule has 4 aromatic carbocycles. The smallest absolute Gasteiger partial charge is 0.162 e. The molecular formula is C25H20BrCl2NO2. The highest BCUT2D eigenvalue weighted by Crippen LogP contribution is 2.36. The highest BCUT2D eigenvalue weighted by atomic mass is 79.9. The molecule has 0 heterocycles. The third kappa shape index (κ3) is 4.93. The van der Waals surface area contributed by atoms with Gasteiger partial charge in [-0.2, -0.15) is 0 Å². The molecule has 0 aromatic heterocycles. The van der Waals surface area contributed by atoms with Crippen molar-refractivity contribution < 1.29 is 9.47 Å². The standard InChI is InChI=1S/C25H20BrCl2NO2/c1-30-24-12-17(14-29-23-11-4-7-16-6-2-3-8-18(16)23)20(26)13-25(24)31-15-19-21(27)9-5-10-22(19)28/h2-13,29H,14-15H2,1H3. The lowest BCUT2D eigenvalue weighted by atomic mass is 10.1. The third-order valence-electron chi connectivity index (χ3n) is 5.03. The second kappa shape index (κ2) is 9.82. The average molecular weight is 517 g/mol. The predicted molar refractivity (Wildman–Crippen MR) is 133 cm³/mol. The molecule has 1 N–H and O–H groups in total. The quantitative estimate of drug-likeness (QED) is 0.269. The molecule has 0 unspecified atom stereocenters. The Morgan fingerprint density at radius 3 is 2.35 bits per heavy atom. The van der Waals surface area contributed by atoms with Crippen molar-refractivity contribution in [2.24, 2.45) is 0 Å². The van der Waals surface area contributed by atoms with Crippen LogP contribution in [-0.2, 0) is 13.2 Å². The van der Waals surface area contributed by atoms with E-state index in [0.717, 1.165) is 21.3 Å². The molecule has 3 nitrogen and oxygen atoms in total. The highest BCUT2D eigenvalue weighted by Gasteiger charge is 2.13. The highest BCUT2D eigenvalue weighted by molar-refractivity contribution is 9.10. The summed E-state index contributed by atoms with van der Waals surface area (Å²) >= 11 is 16.2. The van der Waals surface area contributed by atoms with Crippen molar-refractivity contribution in [3.63, 3.8) is 0 Å². The minimum atomic E-state index is 0.245. The van der Waals surface area contributed by atoms with E-state index in [1.165, 1.54) is 10.8 Å². The van der Waals surface area contributed by atoms with Gasteiger partial charge in [-0.25, -0.2) is 0 Å². The van der Waals surface area contributed by atoms with E-state index in [2.05, 4.69) is 51.6 Å².